The molecule has 1 aliphatic carbocycles. The van der Waals surface area contributed by atoms with Crippen LogP contribution in [0.3, 0.4) is 0 Å². The van der Waals surface area contributed by atoms with E-state index in [9.17, 15) is 0 Å². The van der Waals surface area contributed by atoms with Gasteiger partial charge in [0.05, 0.1) is 0 Å². The molecule has 0 radical (unpaired) electrons. The highest BCUT2D eigenvalue weighted by Crippen LogP contribution is 2.22. The summed E-state index contributed by atoms with van der Waals surface area (Å²) in [6.45, 7) is 2.35. The van der Waals surface area contributed by atoms with Crippen molar-refractivity contribution >= 4 is 17.4 Å². The van der Waals surface area contributed by atoms with Gasteiger partial charge in [-0.2, -0.15) is 11.8 Å². The molecule has 4 nitrogen and oxygen atoms in total. The van der Waals surface area contributed by atoms with Crippen LogP contribution in [-0.4, -0.2) is 72.9 Å². The molecule has 0 aliphatic heterocycles. The van der Waals surface area contributed by atoms with Crippen molar-refractivity contribution in [2.24, 2.45) is 5.92 Å². The summed E-state index contributed by atoms with van der Waals surface area (Å²) in [4.78, 5) is 2.00. The number of nitrogens with zero attached hydrogens (tertiary/aromatic N) is 1. The second-order valence-corrected chi connectivity index (χ2v) is 7.84. The normalized spacial score (nSPS) is 17.4. The minimum atomic E-state index is 0.821. The molecular formula is C22H47N3OS. The smallest absolute Gasteiger partial charge is 0.0351 e. The highest BCUT2D eigenvalue weighted by atomic mass is 32.2. The van der Waals surface area contributed by atoms with Crippen molar-refractivity contribution < 1.29 is 4.74 Å². The van der Waals surface area contributed by atoms with Gasteiger partial charge in [0, 0.05) is 33.0 Å². The molecule has 27 heavy (non-hydrogen) atoms. The molecule has 2 rings (SSSR count). The first kappa shape index (κ1) is 31.0. The molecule has 5 heteroatoms. The Labute approximate surface area is 174 Å². The summed E-state index contributed by atoms with van der Waals surface area (Å²) in [7, 11) is 13.2. The second kappa shape index (κ2) is 25.2. The number of rotatable bonds is 2. The topological polar surface area (TPSA) is 36.5 Å². The first-order chi connectivity index (χ1) is 12.8. The van der Waals surface area contributed by atoms with Crippen molar-refractivity contribution in [3.05, 3.63) is 30.3 Å². The van der Waals surface area contributed by atoms with Crippen molar-refractivity contribution in [2.45, 2.75) is 38.6 Å². The molecule has 162 valence electrons. The summed E-state index contributed by atoms with van der Waals surface area (Å²) >= 11 is 1.75. The number of benzene rings is 1. The Morgan fingerprint density at radius 1 is 0.926 bits per heavy atom. The van der Waals surface area contributed by atoms with Crippen molar-refractivity contribution in [3.63, 3.8) is 0 Å². The summed E-state index contributed by atoms with van der Waals surface area (Å²) < 4.78 is 4.25. The van der Waals surface area contributed by atoms with Gasteiger partial charge in [0.2, 0.25) is 0 Å². The predicted molar refractivity (Wildman–Crippen MR) is 128 cm³/mol. The van der Waals surface area contributed by atoms with Crippen LogP contribution in [0.2, 0.25) is 0 Å². The molecule has 1 aromatic rings. The number of methoxy groups -OCH3 is 1. The SMILES string of the molecule is CN(C)C.CNC1CCC(C)CC1.CNc1ccccc1.COC.CSC. The van der Waals surface area contributed by atoms with E-state index in [2.05, 4.69) is 29.3 Å². The van der Waals surface area contributed by atoms with Crippen molar-refractivity contribution in [3.8, 4) is 0 Å². The van der Waals surface area contributed by atoms with Crippen molar-refractivity contribution in [1.82, 2.24) is 10.2 Å². The fraction of sp³-hybridized carbons (Fsp3) is 0.727. The number of anilines is 1. The molecule has 0 amide bonds. The number of thioether (sulfide) groups is 1. The lowest BCUT2D eigenvalue weighted by Gasteiger charge is -2.25. The van der Waals surface area contributed by atoms with Gasteiger partial charge in [-0.05, 0) is 84.4 Å². The van der Waals surface area contributed by atoms with Crippen molar-refractivity contribution in [2.75, 3.05) is 67.3 Å². The number of para-hydroxylation sites is 1. The van der Waals surface area contributed by atoms with E-state index in [4.69, 9.17) is 0 Å². The molecule has 1 aliphatic rings. The molecule has 0 atom stereocenters. The van der Waals surface area contributed by atoms with Crippen LogP contribution in [0.1, 0.15) is 32.6 Å². The van der Waals surface area contributed by atoms with Gasteiger partial charge in [-0.3, -0.25) is 0 Å². The average Bonchev–Trinajstić information content (AvgIpc) is 2.64. The molecule has 0 aromatic heterocycles. The van der Waals surface area contributed by atoms with Gasteiger partial charge in [-0.1, -0.05) is 25.1 Å². The lowest BCUT2D eigenvalue weighted by molar-refractivity contribution is 0.277. The van der Waals surface area contributed by atoms with Crippen LogP contribution in [-0.2, 0) is 4.74 Å². The Morgan fingerprint density at radius 3 is 1.56 bits per heavy atom. The maximum absolute atomic E-state index is 4.25. The van der Waals surface area contributed by atoms with Gasteiger partial charge in [-0.25, -0.2) is 0 Å². The standard InChI is InChI=1S/C8H17N.C7H9N.C3H9N.C2H6O.C2H6S/c1-7-3-5-8(9-2)6-4-7;1-8-7-5-3-2-4-6-7;1-4(2)3;2*1-3-2/h7-9H,3-6H2,1-2H3;2-6,8H,1H3;1-3H3;2*1-2H3. The zero-order chi connectivity index (χ0) is 21.5. The Bertz CT molecular complexity index is 351. The summed E-state index contributed by atoms with van der Waals surface area (Å²) in [5.74, 6) is 0.981. The molecule has 0 spiro atoms. The van der Waals surface area contributed by atoms with Gasteiger partial charge >= 0.3 is 0 Å². The van der Waals surface area contributed by atoms with E-state index in [1.54, 1.807) is 26.0 Å². The first-order valence-electron chi connectivity index (χ1n) is 9.63. The lowest BCUT2D eigenvalue weighted by atomic mass is 9.87. The fourth-order valence-electron chi connectivity index (χ4n) is 2.15. The van der Waals surface area contributed by atoms with Gasteiger partial charge in [0.1, 0.15) is 0 Å². The fourth-order valence-corrected chi connectivity index (χ4v) is 2.15. The Balaban J connectivity index is -0.000000292. The van der Waals surface area contributed by atoms with Crippen molar-refractivity contribution in [1.29, 1.82) is 0 Å². The molecule has 0 unspecified atom stereocenters. The third-order valence-corrected chi connectivity index (χ3v) is 3.49. The Morgan fingerprint density at radius 2 is 1.30 bits per heavy atom. The van der Waals surface area contributed by atoms with Gasteiger partial charge in [-0.15, -0.1) is 0 Å². The summed E-state index contributed by atoms with van der Waals surface area (Å²) in [6, 6.07) is 10.9. The second-order valence-electron chi connectivity index (χ2n) is 7.02. The summed E-state index contributed by atoms with van der Waals surface area (Å²) in [5, 5.41) is 6.35. The molecule has 1 aromatic carbocycles. The number of nitrogens with one attached hydrogen (secondary N) is 2. The summed E-state index contributed by atoms with van der Waals surface area (Å²) in [5.41, 5.74) is 1.16. The zero-order valence-electron chi connectivity index (χ0n) is 19.6. The van der Waals surface area contributed by atoms with E-state index >= 15 is 0 Å². The molecule has 1 saturated carbocycles. The summed E-state index contributed by atoms with van der Waals surface area (Å²) in [6.07, 6.45) is 9.70. The van der Waals surface area contributed by atoms with Gasteiger partial charge in [0.25, 0.3) is 0 Å². The van der Waals surface area contributed by atoms with E-state index < -0.39 is 0 Å². The third-order valence-electron chi connectivity index (χ3n) is 3.49. The monoisotopic (exact) mass is 401 g/mol. The van der Waals surface area contributed by atoms with Crippen LogP contribution in [0.4, 0.5) is 5.69 Å². The van der Waals surface area contributed by atoms with Gasteiger partial charge in [0.15, 0.2) is 0 Å². The molecule has 2 N–H and O–H groups in total. The quantitative estimate of drug-likeness (QED) is 0.734. The van der Waals surface area contributed by atoms with E-state index in [0.29, 0.717) is 0 Å². The minimum Gasteiger partial charge on any atom is -0.388 e. The van der Waals surface area contributed by atoms with E-state index in [0.717, 1.165) is 17.6 Å². The zero-order valence-corrected chi connectivity index (χ0v) is 20.5. The number of ether oxygens (including phenoxy) is 1. The average molecular weight is 402 g/mol. The highest BCUT2D eigenvalue weighted by molar-refractivity contribution is 7.97. The Hall–Kier alpha value is -0.750. The van der Waals surface area contributed by atoms with E-state index in [1.807, 2.05) is 75.9 Å². The van der Waals surface area contributed by atoms with Crippen LogP contribution in [0, 0.1) is 5.92 Å². The first-order valence-corrected chi connectivity index (χ1v) is 11.3. The molecule has 0 heterocycles. The van der Waals surface area contributed by atoms with E-state index in [1.165, 1.54) is 25.7 Å². The molecular weight excluding hydrogens is 354 g/mol. The van der Waals surface area contributed by atoms with E-state index in [-0.39, 0.29) is 0 Å². The van der Waals surface area contributed by atoms with Crippen LogP contribution >= 0.6 is 11.8 Å². The van der Waals surface area contributed by atoms with Crippen LogP contribution in [0.25, 0.3) is 0 Å². The lowest BCUT2D eigenvalue weighted by Crippen LogP contribution is -2.29. The third kappa shape index (κ3) is 30.2. The highest BCUT2D eigenvalue weighted by Gasteiger charge is 2.15. The van der Waals surface area contributed by atoms with Crippen LogP contribution in [0.5, 0.6) is 0 Å². The molecule has 0 bridgehead atoms. The van der Waals surface area contributed by atoms with Gasteiger partial charge < -0.3 is 20.3 Å². The largest absolute Gasteiger partial charge is 0.388 e. The maximum Gasteiger partial charge on any atom is 0.0351 e. The minimum absolute atomic E-state index is 0.821. The predicted octanol–water partition coefficient (Wildman–Crippen LogP) is 4.93. The number of hydrogen-bond acceptors (Lipinski definition) is 5. The maximum atomic E-state index is 4.25. The molecule has 0 saturated heterocycles. The molecule has 1 fully saturated rings. The Kier molecular flexibility index (Phi) is 29.0. The van der Waals surface area contributed by atoms with Crippen LogP contribution < -0.4 is 10.6 Å². The van der Waals surface area contributed by atoms with Crippen LogP contribution in [0.15, 0.2) is 30.3 Å². The number of hydrogen-bond donors (Lipinski definition) is 2.